The molecule has 2 aromatic carbocycles. The molecule has 1 aromatic heterocycles. The number of fused-ring (bicyclic) bond motifs is 1. The Hall–Kier alpha value is -2.59. The Balaban J connectivity index is 2.28. The van der Waals surface area contributed by atoms with Crippen LogP contribution < -0.4 is 4.74 Å². The van der Waals surface area contributed by atoms with Gasteiger partial charge in [-0.25, -0.2) is 9.78 Å². The SMILES string of the molecule is COc1ccc(-c2cc(C(=O)O)c3ccc(Cl)c(C)c3n2)cc1. The normalized spacial score (nSPS) is 10.7. The van der Waals surface area contributed by atoms with Crippen LogP contribution in [-0.2, 0) is 0 Å². The summed E-state index contributed by atoms with van der Waals surface area (Å²) in [4.78, 5) is 16.2. The van der Waals surface area contributed by atoms with Crippen LogP contribution in [-0.4, -0.2) is 23.2 Å². The van der Waals surface area contributed by atoms with Gasteiger partial charge in [0.2, 0.25) is 0 Å². The van der Waals surface area contributed by atoms with E-state index in [1.807, 2.05) is 31.2 Å². The lowest BCUT2D eigenvalue weighted by molar-refractivity contribution is 0.0699. The van der Waals surface area contributed by atoms with Gasteiger partial charge in [0.25, 0.3) is 0 Å². The molecule has 0 bridgehead atoms. The second kappa shape index (κ2) is 5.89. The first-order valence-corrected chi connectivity index (χ1v) is 7.36. The molecule has 1 N–H and O–H groups in total. The maximum absolute atomic E-state index is 11.6. The summed E-state index contributed by atoms with van der Waals surface area (Å²) in [5.41, 5.74) is 2.98. The third-order valence-electron chi connectivity index (χ3n) is 3.78. The van der Waals surface area contributed by atoms with Gasteiger partial charge in [-0.15, -0.1) is 0 Å². The molecule has 0 radical (unpaired) electrons. The van der Waals surface area contributed by atoms with Crippen LogP contribution in [0.25, 0.3) is 22.2 Å². The van der Waals surface area contributed by atoms with E-state index in [0.717, 1.165) is 16.9 Å². The van der Waals surface area contributed by atoms with Crippen molar-refractivity contribution >= 4 is 28.5 Å². The molecule has 0 amide bonds. The maximum atomic E-state index is 11.6. The summed E-state index contributed by atoms with van der Waals surface area (Å²) in [6.07, 6.45) is 0. The first-order chi connectivity index (χ1) is 11.0. The van der Waals surface area contributed by atoms with Gasteiger partial charge in [-0.2, -0.15) is 0 Å². The average molecular weight is 328 g/mol. The number of nitrogens with zero attached hydrogens (tertiary/aromatic N) is 1. The van der Waals surface area contributed by atoms with E-state index in [2.05, 4.69) is 4.98 Å². The van der Waals surface area contributed by atoms with E-state index in [1.165, 1.54) is 0 Å². The Bertz CT molecular complexity index is 904. The molecule has 0 spiro atoms. The van der Waals surface area contributed by atoms with Crippen LogP contribution in [0.1, 0.15) is 15.9 Å². The van der Waals surface area contributed by atoms with Crippen LogP contribution in [0.2, 0.25) is 5.02 Å². The lowest BCUT2D eigenvalue weighted by Gasteiger charge is -2.10. The van der Waals surface area contributed by atoms with Gasteiger partial charge in [-0.1, -0.05) is 17.7 Å². The Morgan fingerprint density at radius 3 is 2.48 bits per heavy atom. The standard InChI is InChI=1S/C18H14ClNO3/c1-10-15(19)8-7-13-14(18(21)22)9-16(20-17(10)13)11-3-5-12(23-2)6-4-11/h3-9H,1-2H3,(H,21,22). The second-order valence-electron chi connectivity index (χ2n) is 5.16. The Kier molecular flexibility index (Phi) is 3.92. The van der Waals surface area contributed by atoms with E-state index < -0.39 is 5.97 Å². The summed E-state index contributed by atoms with van der Waals surface area (Å²) in [6, 6.07) is 12.3. The van der Waals surface area contributed by atoms with Crippen molar-refractivity contribution in [2.24, 2.45) is 0 Å². The fourth-order valence-electron chi connectivity index (χ4n) is 2.49. The molecule has 3 rings (SSSR count). The summed E-state index contributed by atoms with van der Waals surface area (Å²) in [5.74, 6) is -0.263. The minimum absolute atomic E-state index is 0.209. The number of benzene rings is 2. The van der Waals surface area contributed by atoms with Crippen molar-refractivity contribution < 1.29 is 14.6 Å². The predicted octanol–water partition coefficient (Wildman–Crippen LogP) is 4.57. The lowest BCUT2D eigenvalue weighted by atomic mass is 10.0. The number of aromatic nitrogens is 1. The van der Waals surface area contributed by atoms with Gasteiger partial charge in [-0.05, 0) is 48.9 Å². The number of aryl methyl sites for hydroxylation is 1. The Morgan fingerprint density at radius 2 is 1.87 bits per heavy atom. The number of methoxy groups -OCH3 is 1. The average Bonchev–Trinajstić information content (AvgIpc) is 2.57. The summed E-state index contributed by atoms with van der Waals surface area (Å²) in [5, 5.41) is 10.7. The molecule has 116 valence electrons. The van der Waals surface area contributed by atoms with Gasteiger partial charge in [0.1, 0.15) is 5.75 Å². The van der Waals surface area contributed by atoms with Crippen molar-refractivity contribution in [2.75, 3.05) is 7.11 Å². The number of carbonyl (C=O) groups is 1. The summed E-state index contributed by atoms with van der Waals surface area (Å²) < 4.78 is 5.14. The molecule has 0 aliphatic carbocycles. The third-order valence-corrected chi connectivity index (χ3v) is 4.19. The molecule has 0 aliphatic heterocycles. The monoisotopic (exact) mass is 327 g/mol. The zero-order chi connectivity index (χ0) is 16.6. The van der Waals surface area contributed by atoms with Gasteiger partial charge >= 0.3 is 5.97 Å². The highest BCUT2D eigenvalue weighted by molar-refractivity contribution is 6.32. The molecule has 23 heavy (non-hydrogen) atoms. The van der Waals surface area contributed by atoms with Crippen molar-refractivity contribution in [2.45, 2.75) is 6.92 Å². The molecule has 4 nitrogen and oxygen atoms in total. The molecule has 0 saturated heterocycles. The summed E-state index contributed by atoms with van der Waals surface area (Å²) in [7, 11) is 1.59. The number of ether oxygens (including phenoxy) is 1. The quantitative estimate of drug-likeness (QED) is 0.765. The zero-order valence-electron chi connectivity index (χ0n) is 12.6. The molecule has 0 atom stereocenters. The maximum Gasteiger partial charge on any atom is 0.336 e. The topological polar surface area (TPSA) is 59.4 Å². The van der Waals surface area contributed by atoms with Crippen LogP contribution in [0.5, 0.6) is 5.75 Å². The van der Waals surface area contributed by atoms with E-state index in [1.54, 1.807) is 25.3 Å². The predicted molar refractivity (Wildman–Crippen MR) is 90.4 cm³/mol. The molecule has 5 heteroatoms. The van der Waals surface area contributed by atoms with Crippen molar-refractivity contribution in [3.05, 3.63) is 58.6 Å². The van der Waals surface area contributed by atoms with Crippen LogP contribution in [0.3, 0.4) is 0 Å². The van der Waals surface area contributed by atoms with Crippen molar-refractivity contribution in [3.63, 3.8) is 0 Å². The number of pyridine rings is 1. The highest BCUT2D eigenvalue weighted by atomic mass is 35.5. The first kappa shape index (κ1) is 15.3. The molecule has 0 fully saturated rings. The number of rotatable bonds is 3. The Labute approximate surface area is 138 Å². The number of carboxylic acid groups (broad SMARTS) is 1. The number of hydrogen-bond acceptors (Lipinski definition) is 3. The van der Waals surface area contributed by atoms with E-state index in [4.69, 9.17) is 16.3 Å². The van der Waals surface area contributed by atoms with Crippen LogP contribution >= 0.6 is 11.6 Å². The molecule has 0 aliphatic rings. The van der Waals surface area contributed by atoms with E-state index in [9.17, 15) is 9.90 Å². The highest BCUT2D eigenvalue weighted by Crippen LogP contribution is 2.30. The van der Waals surface area contributed by atoms with Gasteiger partial charge in [-0.3, -0.25) is 0 Å². The minimum Gasteiger partial charge on any atom is -0.497 e. The molecule has 1 heterocycles. The number of aromatic carboxylic acids is 1. The molecular formula is C18H14ClNO3. The summed E-state index contributed by atoms with van der Waals surface area (Å²) in [6.45, 7) is 1.83. The number of halogens is 1. The van der Waals surface area contributed by atoms with Crippen LogP contribution in [0, 0.1) is 6.92 Å². The molecule has 0 unspecified atom stereocenters. The van der Waals surface area contributed by atoms with Crippen molar-refractivity contribution in [3.8, 4) is 17.0 Å². The third kappa shape index (κ3) is 2.73. The van der Waals surface area contributed by atoms with Crippen molar-refractivity contribution in [1.29, 1.82) is 0 Å². The summed E-state index contributed by atoms with van der Waals surface area (Å²) >= 11 is 6.15. The van der Waals surface area contributed by atoms with Gasteiger partial charge in [0.15, 0.2) is 0 Å². The Morgan fingerprint density at radius 1 is 1.17 bits per heavy atom. The fraction of sp³-hybridized carbons (Fsp3) is 0.111. The fourth-order valence-corrected chi connectivity index (χ4v) is 2.64. The smallest absolute Gasteiger partial charge is 0.336 e. The van der Waals surface area contributed by atoms with Crippen LogP contribution in [0.15, 0.2) is 42.5 Å². The van der Waals surface area contributed by atoms with Gasteiger partial charge in [0, 0.05) is 16.0 Å². The van der Waals surface area contributed by atoms with Crippen molar-refractivity contribution in [1.82, 2.24) is 4.98 Å². The minimum atomic E-state index is -0.992. The van der Waals surface area contributed by atoms with E-state index in [-0.39, 0.29) is 5.56 Å². The lowest BCUT2D eigenvalue weighted by Crippen LogP contribution is -2.01. The first-order valence-electron chi connectivity index (χ1n) is 6.99. The number of hydrogen-bond donors (Lipinski definition) is 1. The van der Waals surface area contributed by atoms with Gasteiger partial charge < -0.3 is 9.84 Å². The number of carboxylic acids is 1. The molecule has 0 saturated carbocycles. The van der Waals surface area contributed by atoms with Gasteiger partial charge in [0.05, 0.1) is 23.9 Å². The molecule has 3 aromatic rings. The highest BCUT2D eigenvalue weighted by Gasteiger charge is 2.15. The zero-order valence-corrected chi connectivity index (χ0v) is 13.4. The van der Waals surface area contributed by atoms with Crippen LogP contribution in [0.4, 0.5) is 0 Å². The molecular weight excluding hydrogens is 314 g/mol. The second-order valence-corrected chi connectivity index (χ2v) is 5.56. The van der Waals surface area contributed by atoms with E-state index >= 15 is 0 Å². The largest absolute Gasteiger partial charge is 0.497 e. The van der Waals surface area contributed by atoms with E-state index in [0.29, 0.717) is 21.6 Å².